The van der Waals surface area contributed by atoms with Crippen molar-refractivity contribution in [1.29, 1.82) is 0 Å². The molecule has 1 unspecified atom stereocenters. The second-order valence-corrected chi connectivity index (χ2v) is 7.48. The first-order chi connectivity index (χ1) is 11.6. The molecule has 0 radical (unpaired) electrons. The number of anilines is 1. The third kappa shape index (κ3) is 4.23. The third-order valence-electron chi connectivity index (χ3n) is 4.11. The molecule has 1 fully saturated rings. The van der Waals surface area contributed by atoms with Gasteiger partial charge >= 0.3 is 6.03 Å². The lowest BCUT2D eigenvalue weighted by molar-refractivity contribution is 0.191. The van der Waals surface area contributed by atoms with E-state index in [0.29, 0.717) is 13.1 Å². The molecular formula is C17H23N5OS. The minimum atomic E-state index is 0.0228. The monoisotopic (exact) mass is 345 g/mol. The summed E-state index contributed by atoms with van der Waals surface area (Å²) < 4.78 is 0. The van der Waals surface area contributed by atoms with Gasteiger partial charge in [0.1, 0.15) is 5.82 Å². The van der Waals surface area contributed by atoms with Crippen molar-refractivity contribution in [2.45, 2.75) is 26.3 Å². The number of carbonyl (C=O) groups excluding carboxylic acids is 1. The van der Waals surface area contributed by atoms with Crippen LogP contribution < -0.4 is 10.2 Å². The molecule has 128 valence electrons. The van der Waals surface area contributed by atoms with Crippen molar-refractivity contribution in [3.8, 4) is 0 Å². The summed E-state index contributed by atoms with van der Waals surface area (Å²) in [5.74, 6) is 0.874. The average molecular weight is 345 g/mol. The fraction of sp³-hybridized carbons (Fsp3) is 0.471. The van der Waals surface area contributed by atoms with Crippen molar-refractivity contribution < 1.29 is 4.79 Å². The number of nitrogens with zero attached hydrogens (tertiary/aromatic N) is 4. The number of carbonyl (C=O) groups is 1. The summed E-state index contributed by atoms with van der Waals surface area (Å²) in [4.78, 5) is 27.5. The van der Waals surface area contributed by atoms with Crippen molar-refractivity contribution >= 4 is 23.2 Å². The maximum absolute atomic E-state index is 12.4. The highest BCUT2D eigenvalue weighted by atomic mass is 32.1. The van der Waals surface area contributed by atoms with Gasteiger partial charge in [-0.1, -0.05) is 0 Å². The first-order valence-electron chi connectivity index (χ1n) is 8.23. The van der Waals surface area contributed by atoms with Gasteiger partial charge in [0.2, 0.25) is 0 Å². The van der Waals surface area contributed by atoms with Gasteiger partial charge in [-0.15, -0.1) is 11.3 Å². The predicted molar refractivity (Wildman–Crippen MR) is 96.6 cm³/mol. The number of amides is 2. The fourth-order valence-electron chi connectivity index (χ4n) is 2.84. The summed E-state index contributed by atoms with van der Waals surface area (Å²) in [7, 11) is 0. The Morgan fingerprint density at radius 1 is 1.29 bits per heavy atom. The van der Waals surface area contributed by atoms with Crippen LogP contribution in [0.15, 0.2) is 30.7 Å². The summed E-state index contributed by atoms with van der Waals surface area (Å²) in [5, 5.41) is 3.11. The number of thiophene rings is 1. The number of piperazine rings is 1. The molecule has 0 saturated carbocycles. The molecule has 6 nitrogen and oxygen atoms in total. The maximum Gasteiger partial charge on any atom is 0.317 e. The highest BCUT2D eigenvalue weighted by Gasteiger charge is 2.22. The summed E-state index contributed by atoms with van der Waals surface area (Å²) in [6, 6.07) is 4.42. The molecule has 0 aromatic carbocycles. The highest BCUT2D eigenvalue weighted by Crippen LogP contribution is 2.17. The molecule has 1 saturated heterocycles. The van der Waals surface area contributed by atoms with Gasteiger partial charge in [0.15, 0.2) is 0 Å². The van der Waals surface area contributed by atoms with E-state index in [-0.39, 0.29) is 12.1 Å². The van der Waals surface area contributed by atoms with Gasteiger partial charge in [0, 0.05) is 60.8 Å². The second-order valence-electron chi connectivity index (χ2n) is 6.10. The summed E-state index contributed by atoms with van der Waals surface area (Å²) >= 11 is 1.79. The molecule has 24 heavy (non-hydrogen) atoms. The molecule has 3 heterocycles. The van der Waals surface area contributed by atoms with E-state index in [1.807, 2.05) is 4.90 Å². The number of nitrogens with one attached hydrogen (secondary N) is 1. The molecule has 2 aromatic heterocycles. The average Bonchev–Trinajstić information content (AvgIpc) is 3.00. The van der Waals surface area contributed by atoms with Crippen LogP contribution in [0.2, 0.25) is 0 Å². The molecule has 2 amide bonds. The number of rotatable bonds is 4. The van der Waals surface area contributed by atoms with Gasteiger partial charge in [-0.2, -0.15) is 0 Å². The Balaban J connectivity index is 1.46. The predicted octanol–water partition coefficient (Wildman–Crippen LogP) is 2.31. The lowest BCUT2D eigenvalue weighted by Gasteiger charge is -2.35. The minimum absolute atomic E-state index is 0.0228. The summed E-state index contributed by atoms with van der Waals surface area (Å²) in [6.07, 6.45) is 6.01. The van der Waals surface area contributed by atoms with E-state index in [0.717, 1.165) is 25.3 Å². The van der Waals surface area contributed by atoms with Crippen LogP contribution in [0.4, 0.5) is 10.6 Å². The van der Waals surface area contributed by atoms with Gasteiger partial charge in [-0.05, 0) is 26.0 Å². The van der Waals surface area contributed by atoms with E-state index in [1.165, 1.54) is 9.75 Å². The first kappa shape index (κ1) is 16.7. The molecule has 3 rings (SSSR count). The highest BCUT2D eigenvalue weighted by molar-refractivity contribution is 7.11. The Bertz CT molecular complexity index is 667. The standard InChI is InChI=1S/C17H23N5OS/c1-13(11-15-4-3-14(2)24-15)20-17(23)22-9-7-21(8-10-22)16-12-18-5-6-19-16/h3-6,12-13H,7-11H2,1-2H3,(H,20,23). The molecule has 7 heteroatoms. The SMILES string of the molecule is Cc1ccc(CC(C)NC(=O)N2CCN(c3cnccn3)CC2)s1. The molecule has 2 aromatic rings. The zero-order valence-electron chi connectivity index (χ0n) is 14.1. The molecule has 0 aliphatic carbocycles. The third-order valence-corrected chi connectivity index (χ3v) is 5.14. The van der Waals surface area contributed by atoms with E-state index in [4.69, 9.17) is 0 Å². The molecular weight excluding hydrogens is 322 g/mol. The van der Waals surface area contributed by atoms with Crippen LogP contribution >= 0.6 is 11.3 Å². The van der Waals surface area contributed by atoms with Gasteiger partial charge in [-0.25, -0.2) is 9.78 Å². The van der Waals surface area contributed by atoms with E-state index in [2.05, 4.69) is 46.2 Å². The van der Waals surface area contributed by atoms with Crippen LogP contribution in [-0.4, -0.2) is 53.1 Å². The minimum Gasteiger partial charge on any atom is -0.352 e. The molecule has 1 atom stereocenters. The van der Waals surface area contributed by atoms with E-state index in [9.17, 15) is 4.79 Å². The van der Waals surface area contributed by atoms with E-state index < -0.39 is 0 Å². The zero-order valence-corrected chi connectivity index (χ0v) is 14.9. The van der Waals surface area contributed by atoms with Crippen LogP contribution in [0.25, 0.3) is 0 Å². The molecule has 0 spiro atoms. The van der Waals surface area contributed by atoms with Crippen molar-refractivity contribution in [2.24, 2.45) is 0 Å². The fourth-order valence-corrected chi connectivity index (χ4v) is 3.86. The largest absolute Gasteiger partial charge is 0.352 e. The van der Waals surface area contributed by atoms with Gasteiger partial charge in [-0.3, -0.25) is 4.98 Å². The molecule has 1 aliphatic heterocycles. The van der Waals surface area contributed by atoms with Crippen LogP contribution in [0.5, 0.6) is 0 Å². The summed E-state index contributed by atoms with van der Waals surface area (Å²) in [6.45, 7) is 7.13. The van der Waals surface area contributed by atoms with Crippen LogP contribution in [0, 0.1) is 6.92 Å². The second kappa shape index (κ2) is 7.61. The number of aryl methyl sites for hydroxylation is 1. The van der Waals surface area contributed by atoms with Crippen LogP contribution in [-0.2, 0) is 6.42 Å². The van der Waals surface area contributed by atoms with Crippen molar-refractivity contribution in [1.82, 2.24) is 20.2 Å². The van der Waals surface area contributed by atoms with Crippen molar-refractivity contribution in [3.63, 3.8) is 0 Å². The van der Waals surface area contributed by atoms with Crippen LogP contribution in [0.1, 0.15) is 16.7 Å². The van der Waals surface area contributed by atoms with Crippen molar-refractivity contribution in [2.75, 3.05) is 31.1 Å². The zero-order chi connectivity index (χ0) is 16.9. The Kier molecular flexibility index (Phi) is 5.30. The number of urea groups is 1. The summed E-state index contributed by atoms with van der Waals surface area (Å²) in [5.41, 5.74) is 0. The van der Waals surface area contributed by atoms with E-state index >= 15 is 0 Å². The number of aromatic nitrogens is 2. The smallest absolute Gasteiger partial charge is 0.317 e. The Hall–Kier alpha value is -2.15. The van der Waals surface area contributed by atoms with Gasteiger partial charge < -0.3 is 15.1 Å². The Morgan fingerprint density at radius 2 is 2.08 bits per heavy atom. The molecule has 1 N–H and O–H groups in total. The maximum atomic E-state index is 12.4. The quantitative estimate of drug-likeness (QED) is 0.924. The Labute approximate surface area is 146 Å². The molecule has 1 aliphatic rings. The Morgan fingerprint density at radius 3 is 2.71 bits per heavy atom. The van der Waals surface area contributed by atoms with Gasteiger partial charge in [0.05, 0.1) is 6.20 Å². The lowest BCUT2D eigenvalue weighted by Crippen LogP contribution is -2.53. The topological polar surface area (TPSA) is 61.4 Å². The number of hydrogen-bond donors (Lipinski definition) is 1. The lowest BCUT2D eigenvalue weighted by atomic mass is 10.2. The normalized spacial score (nSPS) is 16.1. The first-order valence-corrected chi connectivity index (χ1v) is 9.05. The van der Waals surface area contributed by atoms with E-state index in [1.54, 1.807) is 29.9 Å². The van der Waals surface area contributed by atoms with Gasteiger partial charge in [0.25, 0.3) is 0 Å². The van der Waals surface area contributed by atoms with Crippen LogP contribution in [0.3, 0.4) is 0 Å². The molecule has 0 bridgehead atoms. The number of hydrogen-bond acceptors (Lipinski definition) is 5. The van der Waals surface area contributed by atoms with Crippen molar-refractivity contribution in [3.05, 3.63) is 40.5 Å².